The van der Waals surface area contributed by atoms with Gasteiger partial charge in [-0.15, -0.1) is 0 Å². The van der Waals surface area contributed by atoms with Crippen molar-refractivity contribution in [2.45, 2.75) is 136 Å². The van der Waals surface area contributed by atoms with E-state index >= 15 is 0 Å². The van der Waals surface area contributed by atoms with Crippen LogP contribution >= 0.6 is 0 Å². The zero-order valence-electron chi connectivity index (χ0n) is 27.6. The van der Waals surface area contributed by atoms with E-state index in [0.717, 1.165) is 32.1 Å². The summed E-state index contributed by atoms with van der Waals surface area (Å²) < 4.78 is 13.0. The summed E-state index contributed by atoms with van der Waals surface area (Å²) in [6, 6.07) is -0.653. The van der Waals surface area contributed by atoms with Gasteiger partial charge in [0.2, 0.25) is 5.95 Å². The molecule has 0 saturated heterocycles. The lowest BCUT2D eigenvalue weighted by Crippen LogP contribution is -2.38. The molecule has 0 fully saturated rings. The molecule has 10 nitrogen and oxygen atoms in total. The molecule has 0 aliphatic rings. The lowest BCUT2D eigenvalue weighted by molar-refractivity contribution is -0.149. The molecule has 2 heterocycles. The van der Waals surface area contributed by atoms with Gasteiger partial charge in [-0.05, 0) is 44.4 Å². The Hall–Kier alpha value is -3.01. The van der Waals surface area contributed by atoms with Crippen molar-refractivity contribution in [2.24, 2.45) is 17.6 Å². The van der Waals surface area contributed by atoms with E-state index in [4.69, 9.17) is 20.9 Å². The third-order valence-electron chi connectivity index (χ3n) is 8.25. The van der Waals surface area contributed by atoms with Crippen LogP contribution in [0.2, 0.25) is 0 Å². The van der Waals surface area contributed by atoms with Crippen LogP contribution in [-0.4, -0.2) is 50.7 Å². The van der Waals surface area contributed by atoms with Crippen molar-refractivity contribution >= 4 is 29.1 Å². The number of rotatable bonds is 25. The van der Waals surface area contributed by atoms with Gasteiger partial charge in [0.1, 0.15) is 11.6 Å². The van der Waals surface area contributed by atoms with Crippen molar-refractivity contribution in [3.05, 3.63) is 24.7 Å². The Morgan fingerprint density at radius 2 is 1.59 bits per heavy atom. The second-order valence-electron chi connectivity index (χ2n) is 12.1. The number of imidazole rings is 1. The maximum Gasteiger partial charge on any atom is 0.323 e. The van der Waals surface area contributed by atoms with Crippen molar-refractivity contribution in [3.63, 3.8) is 0 Å². The molecule has 3 atom stereocenters. The van der Waals surface area contributed by atoms with Gasteiger partial charge in [-0.2, -0.15) is 4.98 Å². The molecule has 0 bridgehead atoms. The Morgan fingerprint density at radius 1 is 0.932 bits per heavy atom. The molecule has 0 unspecified atom stereocenters. The minimum Gasteiger partial charge on any atom is -0.465 e. The van der Waals surface area contributed by atoms with Crippen LogP contribution in [0, 0.1) is 11.8 Å². The van der Waals surface area contributed by atoms with E-state index in [1.54, 1.807) is 12.5 Å². The van der Waals surface area contributed by atoms with Gasteiger partial charge >= 0.3 is 11.9 Å². The molecule has 0 spiro atoms. The fraction of sp³-hybridized carbons (Fsp3) is 0.735. The number of allylic oxidation sites excluding steroid dienone is 2. The molecule has 0 saturated carbocycles. The molecule has 0 aromatic carbocycles. The van der Waals surface area contributed by atoms with Gasteiger partial charge in [-0.3, -0.25) is 9.59 Å². The second-order valence-corrected chi connectivity index (χ2v) is 12.1. The highest BCUT2D eigenvalue weighted by Crippen LogP contribution is 2.17. The number of ether oxygens (including phenoxy) is 2. The SMILES string of the molecule is CCCCCCCCC=CCCCCCCCC(=O)OC[C@H](CCOC(=O)[C@@H](N)[C@@H](C)CC)Cn1cnc2cnc(N)nc21. The normalized spacial score (nSPS) is 13.7. The summed E-state index contributed by atoms with van der Waals surface area (Å²) >= 11 is 0. The number of hydrogen-bond acceptors (Lipinski definition) is 9. The average molecular weight is 615 g/mol. The largest absolute Gasteiger partial charge is 0.465 e. The van der Waals surface area contributed by atoms with Gasteiger partial charge in [-0.1, -0.05) is 90.7 Å². The summed E-state index contributed by atoms with van der Waals surface area (Å²) in [5.74, 6) is -0.527. The first kappa shape index (κ1) is 37.2. The first-order valence-corrected chi connectivity index (χ1v) is 17.0. The molecular weight excluding hydrogens is 556 g/mol. The number of nitrogens with two attached hydrogens (primary N) is 2. The van der Waals surface area contributed by atoms with Crippen molar-refractivity contribution in [1.82, 2.24) is 19.5 Å². The highest BCUT2D eigenvalue weighted by atomic mass is 16.5. The predicted molar refractivity (Wildman–Crippen MR) is 177 cm³/mol. The van der Waals surface area contributed by atoms with Crippen LogP contribution < -0.4 is 11.5 Å². The fourth-order valence-electron chi connectivity index (χ4n) is 5.04. The minimum absolute atomic E-state index is 0.0401. The quantitative estimate of drug-likeness (QED) is 0.0691. The van der Waals surface area contributed by atoms with E-state index in [2.05, 4.69) is 34.0 Å². The Kier molecular flexibility index (Phi) is 19.0. The molecule has 10 heteroatoms. The standard InChI is InChI=1S/C34H58N6O4/c1-4-6-7-8-9-10-11-12-13-14-15-16-17-18-19-20-30(41)44-25-28(21-22-43-33(42)31(35)27(3)5-2)24-40-26-38-29-23-37-34(36)39-32(29)40/h12-13,23,26-28,31H,4-11,14-22,24-25,35H2,1-3H3,(H2,36,37,39)/t27-,28+,31-/m0/s1. The number of esters is 2. The third-order valence-corrected chi connectivity index (χ3v) is 8.25. The van der Waals surface area contributed by atoms with E-state index in [-0.39, 0.29) is 37.0 Å². The number of unbranched alkanes of at least 4 members (excludes halogenated alkanes) is 11. The molecule has 4 N–H and O–H groups in total. The molecule has 2 aromatic heterocycles. The number of anilines is 1. The van der Waals surface area contributed by atoms with Crippen LogP contribution in [-0.2, 0) is 25.6 Å². The first-order chi connectivity index (χ1) is 21.3. The predicted octanol–water partition coefficient (Wildman–Crippen LogP) is 6.91. The van der Waals surface area contributed by atoms with Crippen molar-refractivity contribution < 1.29 is 19.1 Å². The molecule has 2 aromatic rings. The second kappa shape index (κ2) is 22.5. The highest BCUT2D eigenvalue weighted by Gasteiger charge is 2.22. The maximum absolute atomic E-state index is 12.5. The van der Waals surface area contributed by atoms with Crippen LogP contribution in [0.5, 0.6) is 0 Å². The Labute approximate surface area is 264 Å². The average Bonchev–Trinajstić information content (AvgIpc) is 3.41. The molecular formula is C34H58N6O4. The minimum atomic E-state index is -0.653. The van der Waals surface area contributed by atoms with E-state index in [9.17, 15) is 9.59 Å². The van der Waals surface area contributed by atoms with Gasteiger partial charge in [0.15, 0.2) is 5.65 Å². The smallest absolute Gasteiger partial charge is 0.323 e. The van der Waals surface area contributed by atoms with Gasteiger partial charge in [0.25, 0.3) is 0 Å². The Morgan fingerprint density at radius 3 is 2.27 bits per heavy atom. The lowest BCUT2D eigenvalue weighted by atomic mass is 10.0. The topological polar surface area (TPSA) is 148 Å². The molecule has 2 rings (SSSR count). The third kappa shape index (κ3) is 15.1. The number of aromatic nitrogens is 4. The van der Waals surface area contributed by atoms with Gasteiger partial charge in [0.05, 0.1) is 25.7 Å². The lowest BCUT2D eigenvalue weighted by Gasteiger charge is -2.20. The van der Waals surface area contributed by atoms with E-state index in [1.807, 2.05) is 18.4 Å². The molecule has 0 amide bonds. The number of fused-ring (bicyclic) bond motifs is 1. The highest BCUT2D eigenvalue weighted by molar-refractivity contribution is 5.75. The molecule has 0 aliphatic heterocycles. The Balaban J connectivity index is 1.69. The zero-order chi connectivity index (χ0) is 32.0. The van der Waals surface area contributed by atoms with Crippen LogP contribution in [0.25, 0.3) is 11.2 Å². The van der Waals surface area contributed by atoms with Crippen molar-refractivity contribution in [1.29, 1.82) is 0 Å². The molecule has 0 aliphatic carbocycles. The summed E-state index contributed by atoms with van der Waals surface area (Å²) in [7, 11) is 0. The van der Waals surface area contributed by atoms with Crippen molar-refractivity contribution in [3.8, 4) is 0 Å². The number of nitrogens with zero attached hydrogens (tertiary/aromatic N) is 4. The summed E-state index contributed by atoms with van der Waals surface area (Å²) in [6.45, 7) is 7.05. The molecule has 248 valence electrons. The van der Waals surface area contributed by atoms with E-state index < -0.39 is 12.0 Å². The first-order valence-electron chi connectivity index (χ1n) is 17.0. The van der Waals surface area contributed by atoms with Crippen molar-refractivity contribution in [2.75, 3.05) is 18.9 Å². The van der Waals surface area contributed by atoms with Gasteiger partial charge in [-0.25, -0.2) is 9.97 Å². The van der Waals surface area contributed by atoms with Crippen LogP contribution in [0.3, 0.4) is 0 Å². The van der Waals surface area contributed by atoms with Crippen LogP contribution in [0.4, 0.5) is 5.95 Å². The van der Waals surface area contributed by atoms with Crippen LogP contribution in [0.1, 0.15) is 124 Å². The van der Waals surface area contributed by atoms with E-state index in [0.29, 0.717) is 30.6 Å². The number of carbonyl (C=O) groups is 2. The number of carbonyl (C=O) groups excluding carboxylic acids is 2. The molecule has 0 radical (unpaired) electrons. The van der Waals surface area contributed by atoms with Gasteiger partial charge in [0, 0.05) is 18.9 Å². The summed E-state index contributed by atoms with van der Waals surface area (Å²) in [6.07, 6.45) is 25.4. The summed E-state index contributed by atoms with van der Waals surface area (Å²) in [5.41, 5.74) is 13.0. The summed E-state index contributed by atoms with van der Waals surface area (Å²) in [4.78, 5) is 37.5. The molecule has 44 heavy (non-hydrogen) atoms. The summed E-state index contributed by atoms with van der Waals surface area (Å²) in [5, 5.41) is 0. The van der Waals surface area contributed by atoms with Crippen LogP contribution in [0.15, 0.2) is 24.7 Å². The monoisotopic (exact) mass is 614 g/mol. The van der Waals surface area contributed by atoms with Gasteiger partial charge < -0.3 is 25.5 Å². The Bertz CT molecular complexity index is 1100. The number of nitrogen functional groups attached to an aromatic ring is 1. The zero-order valence-corrected chi connectivity index (χ0v) is 27.6. The number of hydrogen-bond donors (Lipinski definition) is 2. The maximum atomic E-state index is 12.5. The fourth-order valence-corrected chi connectivity index (χ4v) is 5.04. The van der Waals surface area contributed by atoms with E-state index in [1.165, 1.54) is 57.8 Å².